The molecule has 94 valence electrons. The Labute approximate surface area is 120 Å². The molecule has 0 bridgehead atoms. The number of nitrogens with zero attached hydrogens (tertiary/aromatic N) is 2. The molecule has 1 heterocycles. The van der Waals surface area contributed by atoms with Crippen LogP contribution in [0.5, 0.6) is 0 Å². The summed E-state index contributed by atoms with van der Waals surface area (Å²) in [6.07, 6.45) is 3.33. The molecular formula is C13H13BrClN3. The van der Waals surface area contributed by atoms with Gasteiger partial charge in [0.1, 0.15) is 17.3 Å². The van der Waals surface area contributed by atoms with Gasteiger partial charge in [0.15, 0.2) is 0 Å². The number of hydrogen-bond donors (Lipinski definition) is 1. The third kappa shape index (κ3) is 3.21. The third-order valence-electron chi connectivity index (χ3n) is 2.48. The molecule has 18 heavy (non-hydrogen) atoms. The van der Waals surface area contributed by atoms with Crippen molar-refractivity contribution < 1.29 is 0 Å². The summed E-state index contributed by atoms with van der Waals surface area (Å²) < 4.78 is 1.02. The largest absolute Gasteiger partial charge is 0.340 e. The fourth-order valence-electron chi connectivity index (χ4n) is 1.67. The lowest BCUT2D eigenvalue weighted by Crippen LogP contribution is -2.01. The first-order chi connectivity index (χ1) is 8.70. The molecule has 0 radical (unpaired) electrons. The summed E-state index contributed by atoms with van der Waals surface area (Å²) in [7, 11) is 0. The zero-order valence-electron chi connectivity index (χ0n) is 9.95. The van der Waals surface area contributed by atoms with Crippen LogP contribution in [0.1, 0.15) is 18.9 Å². The molecule has 0 saturated carbocycles. The highest BCUT2D eigenvalue weighted by Crippen LogP contribution is 2.25. The molecule has 2 aromatic rings. The quantitative estimate of drug-likeness (QED) is 0.835. The Morgan fingerprint density at radius 1 is 1.33 bits per heavy atom. The maximum Gasteiger partial charge on any atom is 0.138 e. The van der Waals surface area contributed by atoms with E-state index < -0.39 is 0 Å². The molecule has 0 fully saturated rings. The van der Waals surface area contributed by atoms with Crippen molar-refractivity contribution in [3.63, 3.8) is 0 Å². The summed E-state index contributed by atoms with van der Waals surface area (Å²) in [6, 6.07) is 7.92. The first kappa shape index (κ1) is 13.3. The van der Waals surface area contributed by atoms with Crippen molar-refractivity contribution in [3.05, 3.63) is 45.8 Å². The van der Waals surface area contributed by atoms with E-state index in [-0.39, 0.29) is 0 Å². The summed E-state index contributed by atoms with van der Waals surface area (Å²) in [6.45, 7) is 2.10. The van der Waals surface area contributed by atoms with Crippen LogP contribution in [0.2, 0.25) is 5.15 Å². The van der Waals surface area contributed by atoms with Gasteiger partial charge in [-0.2, -0.15) is 0 Å². The second-order valence-electron chi connectivity index (χ2n) is 3.88. The van der Waals surface area contributed by atoms with Crippen LogP contribution in [-0.4, -0.2) is 9.97 Å². The molecule has 1 aromatic heterocycles. The van der Waals surface area contributed by atoms with Crippen LogP contribution < -0.4 is 5.32 Å². The van der Waals surface area contributed by atoms with Crippen molar-refractivity contribution in [3.8, 4) is 0 Å². The molecule has 0 aliphatic heterocycles. The smallest absolute Gasteiger partial charge is 0.138 e. The van der Waals surface area contributed by atoms with Gasteiger partial charge in [0.05, 0.1) is 0 Å². The van der Waals surface area contributed by atoms with Crippen molar-refractivity contribution in [2.45, 2.75) is 19.8 Å². The zero-order valence-corrected chi connectivity index (χ0v) is 12.3. The van der Waals surface area contributed by atoms with E-state index in [1.165, 1.54) is 6.33 Å². The normalized spacial score (nSPS) is 10.4. The lowest BCUT2D eigenvalue weighted by atomic mass is 10.2. The van der Waals surface area contributed by atoms with Gasteiger partial charge >= 0.3 is 0 Å². The fourth-order valence-corrected chi connectivity index (χ4v) is 2.30. The standard InChI is InChI=1S/C13H13BrClN3/c1-2-4-11-12(15)16-8-17-13(11)18-10-6-3-5-9(14)7-10/h3,5-8H,2,4H2,1H3,(H,16,17,18). The molecule has 0 aliphatic rings. The second kappa shape index (κ2) is 6.16. The zero-order chi connectivity index (χ0) is 13.0. The van der Waals surface area contributed by atoms with Gasteiger partial charge in [-0.05, 0) is 24.6 Å². The molecule has 0 amide bonds. The number of halogens is 2. The minimum atomic E-state index is 0.518. The van der Waals surface area contributed by atoms with Crippen LogP contribution in [0, 0.1) is 0 Å². The van der Waals surface area contributed by atoms with E-state index >= 15 is 0 Å². The van der Waals surface area contributed by atoms with Crippen LogP contribution in [0.3, 0.4) is 0 Å². The van der Waals surface area contributed by atoms with E-state index in [1.807, 2.05) is 24.3 Å². The van der Waals surface area contributed by atoms with Gasteiger partial charge in [-0.3, -0.25) is 0 Å². The molecule has 0 atom stereocenters. The van der Waals surface area contributed by atoms with Crippen molar-refractivity contribution in [1.82, 2.24) is 9.97 Å². The first-order valence-corrected chi connectivity index (χ1v) is 6.89. The summed E-state index contributed by atoms with van der Waals surface area (Å²) in [5.74, 6) is 0.773. The third-order valence-corrected chi connectivity index (χ3v) is 3.30. The van der Waals surface area contributed by atoms with Crippen LogP contribution in [-0.2, 0) is 6.42 Å². The first-order valence-electron chi connectivity index (χ1n) is 5.72. The molecule has 0 unspecified atom stereocenters. The minimum Gasteiger partial charge on any atom is -0.340 e. The van der Waals surface area contributed by atoms with E-state index in [1.54, 1.807) is 0 Å². The van der Waals surface area contributed by atoms with Crippen LogP contribution in [0.4, 0.5) is 11.5 Å². The van der Waals surface area contributed by atoms with Gasteiger partial charge < -0.3 is 5.32 Å². The van der Waals surface area contributed by atoms with Crippen molar-refractivity contribution in [1.29, 1.82) is 0 Å². The number of rotatable bonds is 4. The van der Waals surface area contributed by atoms with Crippen molar-refractivity contribution >= 4 is 39.0 Å². The highest BCUT2D eigenvalue weighted by molar-refractivity contribution is 9.10. The van der Waals surface area contributed by atoms with Crippen LogP contribution >= 0.6 is 27.5 Å². The maximum atomic E-state index is 6.11. The van der Waals surface area contributed by atoms with Gasteiger partial charge in [-0.25, -0.2) is 9.97 Å². The Morgan fingerprint density at radius 2 is 2.17 bits per heavy atom. The van der Waals surface area contributed by atoms with Crippen LogP contribution in [0.25, 0.3) is 0 Å². The monoisotopic (exact) mass is 325 g/mol. The molecule has 0 spiro atoms. The average Bonchev–Trinajstić information content (AvgIpc) is 2.34. The number of aromatic nitrogens is 2. The molecule has 3 nitrogen and oxygen atoms in total. The van der Waals surface area contributed by atoms with E-state index in [2.05, 4.69) is 38.1 Å². The predicted octanol–water partition coefficient (Wildman–Crippen LogP) is 4.59. The molecule has 1 aromatic carbocycles. The Bertz CT molecular complexity index is 546. The highest BCUT2D eigenvalue weighted by atomic mass is 79.9. The Balaban J connectivity index is 2.31. The van der Waals surface area contributed by atoms with Crippen molar-refractivity contribution in [2.24, 2.45) is 0 Å². The number of nitrogens with one attached hydrogen (secondary N) is 1. The topological polar surface area (TPSA) is 37.8 Å². The Morgan fingerprint density at radius 3 is 2.89 bits per heavy atom. The SMILES string of the molecule is CCCc1c(Cl)ncnc1Nc1cccc(Br)c1. The van der Waals surface area contributed by atoms with Gasteiger partial charge in [-0.1, -0.05) is 46.9 Å². The van der Waals surface area contributed by atoms with Gasteiger partial charge in [0.2, 0.25) is 0 Å². The summed E-state index contributed by atoms with van der Waals surface area (Å²) in [4.78, 5) is 8.28. The second-order valence-corrected chi connectivity index (χ2v) is 5.15. The fraction of sp³-hybridized carbons (Fsp3) is 0.231. The number of anilines is 2. The highest BCUT2D eigenvalue weighted by Gasteiger charge is 2.09. The Kier molecular flexibility index (Phi) is 4.55. The average molecular weight is 327 g/mol. The predicted molar refractivity (Wildman–Crippen MR) is 78.5 cm³/mol. The lowest BCUT2D eigenvalue weighted by molar-refractivity contribution is 0.904. The molecular weight excluding hydrogens is 314 g/mol. The van der Waals surface area contributed by atoms with Gasteiger partial charge in [0, 0.05) is 15.7 Å². The molecule has 2 rings (SSSR count). The number of benzene rings is 1. The minimum absolute atomic E-state index is 0.518. The van der Waals surface area contributed by atoms with Crippen molar-refractivity contribution in [2.75, 3.05) is 5.32 Å². The van der Waals surface area contributed by atoms with E-state index in [0.29, 0.717) is 5.15 Å². The lowest BCUT2D eigenvalue weighted by Gasteiger charge is -2.11. The maximum absolute atomic E-state index is 6.11. The van der Waals surface area contributed by atoms with E-state index in [4.69, 9.17) is 11.6 Å². The summed E-state index contributed by atoms with van der Waals surface area (Å²) in [5, 5.41) is 3.79. The molecule has 1 N–H and O–H groups in total. The van der Waals surface area contributed by atoms with E-state index in [0.717, 1.165) is 34.4 Å². The summed E-state index contributed by atoms with van der Waals surface area (Å²) in [5.41, 5.74) is 1.93. The molecule has 0 aliphatic carbocycles. The van der Waals surface area contributed by atoms with E-state index in [9.17, 15) is 0 Å². The number of hydrogen-bond acceptors (Lipinski definition) is 3. The molecule has 0 saturated heterocycles. The van der Waals surface area contributed by atoms with Crippen LogP contribution in [0.15, 0.2) is 35.1 Å². The Hall–Kier alpha value is -1.13. The summed E-state index contributed by atoms with van der Waals surface area (Å²) >= 11 is 9.55. The molecule has 5 heteroatoms. The van der Waals surface area contributed by atoms with Gasteiger partial charge in [-0.15, -0.1) is 0 Å². The van der Waals surface area contributed by atoms with Gasteiger partial charge in [0.25, 0.3) is 0 Å².